The molecule has 0 spiro atoms. The highest BCUT2D eigenvalue weighted by molar-refractivity contribution is 5.74. The number of aromatic nitrogens is 1. The molecule has 17 heteroatoms. The lowest BCUT2D eigenvalue weighted by molar-refractivity contribution is -0.167. The third-order valence-corrected chi connectivity index (χ3v) is 13.4. The fraction of sp³-hybridized carbons (Fsp3) is 0.797. The van der Waals surface area contributed by atoms with Gasteiger partial charge in [0.15, 0.2) is 12.2 Å². The molecule has 1 amide bonds. The summed E-state index contributed by atoms with van der Waals surface area (Å²) >= 11 is 0. The van der Waals surface area contributed by atoms with E-state index in [0.29, 0.717) is 38.6 Å². The van der Waals surface area contributed by atoms with Gasteiger partial charge in [-0.05, 0) is 44.2 Å². The molecule has 0 unspecified atom stereocenters. The van der Waals surface area contributed by atoms with Gasteiger partial charge in [-0.25, -0.2) is 4.79 Å². The maximum Gasteiger partial charge on any atom is 0.410 e. The van der Waals surface area contributed by atoms with Crippen LogP contribution in [0.2, 0.25) is 0 Å². The van der Waals surface area contributed by atoms with Gasteiger partial charge in [0.25, 0.3) is 0 Å². The topological polar surface area (TPSA) is 212 Å². The van der Waals surface area contributed by atoms with Crippen LogP contribution >= 0.6 is 0 Å². The highest BCUT2D eigenvalue weighted by atomic mass is 16.6. The number of carbonyl (C=O) groups excluding carboxylic acids is 7. The number of nitrogens with zero attached hydrogens (tertiary/aromatic N) is 2. The van der Waals surface area contributed by atoms with Crippen molar-refractivity contribution in [2.75, 3.05) is 58.0 Å². The first-order valence-electron chi connectivity index (χ1n) is 29.5. The second kappa shape index (κ2) is 45.1. The molecule has 2 heterocycles. The van der Waals surface area contributed by atoms with E-state index in [2.05, 4.69) is 38.0 Å². The summed E-state index contributed by atoms with van der Waals surface area (Å²) in [4.78, 5) is 97.6. The smallest absolute Gasteiger partial charge is 0.410 e. The van der Waals surface area contributed by atoms with E-state index >= 15 is 0 Å². The number of ether oxygens (including phenoxy) is 7. The fourth-order valence-electron chi connectivity index (χ4n) is 8.71. The van der Waals surface area contributed by atoms with Crippen LogP contribution in [0.25, 0.3) is 0 Å². The number of anilines is 1. The first-order valence-corrected chi connectivity index (χ1v) is 29.5. The number of nitrogens with one attached hydrogen (secondary N) is 1. The molecule has 1 aliphatic heterocycles. The largest absolute Gasteiger partial charge is 0.465 e. The minimum absolute atomic E-state index is 0.0794. The van der Waals surface area contributed by atoms with Crippen LogP contribution in [0.4, 0.5) is 10.5 Å². The number of carbonyl (C=O) groups is 7. The molecule has 17 nitrogen and oxygen atoms in total. The molecule has 0 aliphatic carbocycles. The predicted octanol–water partition coefficient (Wildman–Crippen LogP) is 12.3. The Balaban J connectivity index is 2.20. The molecule has 0 bridgehead atoms. The zero-order valence-corrected chi connectivity index (χ0v) is 47.3. The fourth-order valence-corrected chi connectivity index (χ4v) is 8.71. The van der Waals surface area contributed by atoms with Crippen LogP contribution in [0.1, 0.15) is 227 Å². The molecule has 2 rings (SSSR count). The number of esters is 6. The molecule has 0 saturated carbocycles. The minimum Gasteiger partial charge on any atom is -0.465 e. The monoisotopic (exact) mass is 1070 g/mol. The number of hydrogen-bond acceptors (Lipinski definition) is 16. The van der Waals surface area contributed by atoms with Crippen molar-refractivity contribution in [3.8, 4) is 0 Å². The second-order valence-electron chi connectivity index (χ2n) is 20.5. The first kappa shape index (κ1) is 67.2. The molecule has 1 aromatic heterocycles. The number of amides is 1. The molecule has 1 N–H and O–H groups in total. The van der Waals surface area contributed by atoms with Crippen molar-refractivity contribution < 1.29 is 66.7 Å². The molecule has 1 aromatic rings. The van der Waals surface area contributed by atoms with Gasteiger partial charge in [-0.15, -0.1) is 0 Å². The second-order valence-corrected chi connectivity index (χ2v) is 20.5. The average molecular weight is 1070 g/mol. The van der Waals surface area contributed by atoms with E-state index in [0.717, 1.165) is 134 Å². The third-order valence-electron chi connectivity index (χ3n) is 13.4. The normalized spacial score (nSPS) is 14.1. The highest BCUT2D eigenvalue weighted by Gasteiger charge is 2.42. The lowest BCUT2D eigenvalue weighted by Crippen LogP contribution is -2.36. The third kappa shape index (κ3) is 35.4. The summed E-state index contributed by atoms with van der Waals surface area (Å²) < 4.78 is 39.9. The van der Waals surface area contributed by atoms with Crippen molar-refractivity contribution in [1.29, 1.82) is 0 Å². The van der Waals surface area contributed by atoms with Gasteiger partial charge in [0.05, 0.1) is 59.0 Å². The van der Waals surface area contributed by atoms with Crippen molar-refractivity contribution in [3.63, 3.8) is 0 Å². The molecule has 0 radical (unpaired) electrons. The SMILES string of the molecule is CCCCCCCCC(=O)OCC(COC(=O)CCCCCCCC)CC(=O)O[C@H]1CN(C(=O)OCCCNc2ccncc2)C[C@H]1OC(=O)CC(COC(=O)CCCCCCCC)COC(=O)CCCCCCCC. The van der Waals surface area contributed by atoms with Crippen LogP contribution in [0.5, 0.6) is 0 Å². The standard InChI is InChI=1S/C59H99N3O14/c1-5-9-13-17-21-25-30-53(63)71-44-48(45-72-54(64)31-26-22-18-14-10-6-2)40-57(67)75-51-42-62(59(69)70-39-29-36-61-50-34-37-60-38-35-50)43-52(51)76-58(68)41-49(46-73-55(65)32-27-23-19-15-11-7-3)47-74-56(66)33-28-24-20-16-12-8-4/h34-35,37-38,48-49,51-52H,5-33,36,39-47H2,1-4H3,(H,60,61)/t51-,52+. The molecule has 0 aromatic carbocycles. The van der Waals surface area contributed by atoms with Crippen molar-refractivity contribution in [3.05, 3.63) is 24.5 Å². The first-order chi connectivity index (χ1) is 37.0. The van der Waals surface area contributed by atoms with E-state index in [-0.39, 0.29) is 84.6 Å². The van der Waals surface area contributed by atoms with Gasteiger partial charge in [0.1, 0.15) is 0 Å². The van der Waals surface area contributed by atoms with E-state index in [1.54, 1.807) is 12.4 Å². The van der Waals surface area contributed by atoms with Gasteiger partial charge in [0.2, 0.25) is 0 Å². The van der Waals surface area contributed by atoms with E-state index in [4.69, 9.17) is 33.2 Å². The van der Waals surface area contributed by atoms with Gasteiger partial charge >= 0.3 is 41.9 Å². The molecule has 2 atom stereocenters. The lowest BCUT2D eigenvalue weighted by atomic mass is 10.1. The Hall–Kier alpha value is -4.96. The van der Waals surface area contributed by atoms with Crippen molar-refractivity contribution >= 4 is 47.6 Å². The molecule has 1 saturated heterocycles. The Morgan fingerprint density at radius 1 is 0.461 bits per heavy atom. The van der Waals surface area contributed by atoms with Gasteiger partial charge in [-0.1, -0.05) is 156 Å². The molecule has 434 valence electrons. The summed E-state index contributed by atoms with van der Waals surface area (Å²) in [5, 5.41) is 3.24. The Labute approximate surface area is 456 Å². The van der Waals surface area contributed by atoms with Crippen LogP contribution in [0.3, 0.4) is 0 Å². The minimum atomic E-state index is -1.12. The van der Waals surface area contributed by atoms with Crippen molar-refractivity contribution in [2.24, 2.45) is 11.8 Å². The van der Waals surface area contributed by atoms with E-state index < -0.39 is 66.0 Å². The van der Waals surface area contributed by atoms with Crippen LogP contribution < -0.4 is 5.32 Å². The number of hydrogen-bond donors (Lipinski definition) is 1. The maximum absolute atomic E-state index is 13.8. The highest BCUT2D eigenvalue weighted by Crippen LogP contribution is 2.23. The summed E-state index contributed by atoms with van der Waals surface area (Å²) in [5.41, 5.74) is 0.870. The van der Waals surface area contributed by atoms with Crippen LogP contribution in [0.15, 0.2) is 24.5 Å². The molecular formula is C59H99N3O14. The molecule has 76 heavy (non-hydrogen) atoms. The number of unbranched alkanes of at least 4 members (excludes halogenated alkanes) is 20. The lowest BCUT2D eigenvalue weighted by Gasteiger charge is -2.22. The van der Waals surface area contributed by atoms with E-state index in [1.165, 1.54) is 4.90 Å². The summed E-state index contributed by atoms with van der Waals surface area (Å²) in [6.45, 7) is 8.15. The molecule has 1 aliphatic rings. The summed E-state index contributed by atoms with van der Waals surface area (Å²) in [7, 11) is 0. The van der Waals surface area contributed by atoms with E-state index in [1.807, 2.05) is 12.1 Å². The average Bonchev–Trinajstić information content (AvgIpc) is 3.80. The quantitative estimate of drug-likeness (QED) is 0.0365. The number of likely N-dealkylation sites (tertiary alicyclic amines) is 1. The Kier molecular flexibility index (Phi) is 39.8. The van der Waals surface area contributed by atoms with Gasteiger partial charge in [-0.2, -0.15) is 0 Å². The summed E-state index contributed by atoms with van der Waals surface area (Å²) in [6, 6.07) is 3.65. The van der Waals surface area contributed by atoms with Crippen LogP contribution in [0, 0.1) is 11.8 Å². The zero-order chi connectivity index (χ0) is 55.3. The molecular weight excluding hydrogens is 975 g/mol. The number of rotatable bonds is 47. The zero-order valence-electron chi connectivity index (χ0n) is 47.3. The predicted molar refractivity (Wildman–Crippen MR) is 292 cm³/mol. The van der Waals surface area contributed by atoms with E-state index in [9.17, 15) is 33.6 Å². The van der Waals surface area contributed by atoms with Crippen LogP contribution in [-0.2, 0) is 61.9 Å². The Bertz CT molecular complexity index is 1560. The summed E-state index contributed by atoms with van der Waals surface area (Å²) in [5.74, 6) is -4.56. The van der Waals surface area contributed by atoms with Crippen molar-refractivity contribution in [2.45, 2.75) is 239 Å². The van der Waals surface area contributed by atoms with Crippen molar-refractivity contribution in [1.82, 2.24) is 9.88 Å². The maximum atomic E-state index is 13.8. The summed E-state index contributed by atoms with van der Waals surface area (Å²) in [6.07, 6.45) is 25.2. The Morgan fingerprint density at radius 3 is 1.13 bits per heavy atom. The number of pyridine rings is 1. The van der Waals surface area contributed by atoms with Gasteiger partial charge in [-0.3, -0.25) is 33.8 Å². The molecule has 1 fully saturated rings. The Morgan fingerprint density at radius 2 is 0.789 bits per heavy atom. The van der Waals surface area contributed by atoms with Gasteiger partial charge in [0, 0.05) is 62.1 Å². The van der Waals surface area contributed by atoms with Crippen LogP contribution in [-0.4, -0.2) is 117 Å². The van der Waals surface area contributed by atoms with Gasteiger partial charge < -0.3 is 43.4 Å².